The number of carbonyl (C=O) groups is 1. The van der Waals surface area contributed by atoms with E-state index in [-0.39, 0.29) is 0 Å². The van der Waals surface area contributed by atoms with E-state index in [0.29, 0.717) is 17.8 Å². The fourth-order valence-electron chi connectivity index (χ4n) is 1.62. The van der Waals surface area contributed by atoms with E-state index >= 15 is 0 Å². The molecule has 1 aromatic heterocycles. The van der Waals surface area contributed by atoms with Gasteiger partial charge < -0.3 is 11.5 Å². The molecule has 0 spiro atoms. The van der Waals surface area contributed by atoms with Crippen molar-refractivity contribution in [3.05, 3.63) is 47.3 Å². The fourth-order valence-corrected chi connectivity index (χ4v) is 1.62. The Labute approximate surface area is 99.0 Å². The number of primary amides is 1. The van der Waals surface area contributed by atoms with E-state index in [2.05, 4.69) is 5.10 Å². The summed E-state index contributed by atoms with van der Waals surface area (Å²) < 4.78 is 1.80. The van der Waals surface area contributed by atoms with E-state index in [9.17, 15) is 4.79 Å². The van der Waals surface area contributed by atoms with E-state index in [1.54, 1.807) is 29.1 Å². The van der Waals surface area contributed by atoms with E-state index in [1.165, 1.54) is 0 Å². The maximum Gasteiger partial charge on any atom is 0.248 e. The molecule has 5 nitrogen and oxygen atoms in total. The first kappa shape index (κ1) is 11.2. The average Bonchev–Trinajstić information content (AvgIpc) is 2.67. The molecular formula is C12H14N4O. The molecule has 17 heavy (non-hydrogen) atoms. The smallest absolute Gasteiger partial charge is 0.248 e. The number of carbonyl (C=O) groups excluding carboxylic acids is 1. The zero-order valence-electron chi connectivity index (χ0n) is 9.55. The Morgan fingerprint density at radius 1 is 1.47 bits per heavy atom. The van der Waals surface area contributed by atoms with Gasteiger partial charge in [-0.2, -0.15) is 5.10 Å². The average molecular weight is 230 g/mol. The van der Waals surface area contributed by atoms with Crippen molar-refractivity contribution >= 4 is 11.6 Å². The highest BCUT2D eigenvalue weighted by Crippen LogP contribution is 2.15. The van der Waals surface area contributed by atoms with Crippen LogP contribution in [-0.4, -0.2) is 15.7 Å². The molecule has 0 aliphatic carbocycles. The van der Waals surface area contributed by atoms with Crippen LogP contribution in [-0.2, 0) is 6.54 Å². The third-order valence-electron chi connectivity index (χ3n) is 2.53. The molecule has 2 aromatic rings. The number of aromatic nitrogens is 2. The number of nitrogen functional groups attached to an aromatic ring is 1. The molecule has 0 saturated carbocycles. The van der Waals surface area contributed by atoms with E-state index in [1.807, 2.05) is 13.1 Å². The predicted molar refractivity (Wildman–Crippen MR) is 65.4 cm³/mol. The topological polar surface area (TPSA) is 86.9 Å². The van der Waals surface area contributed by atoms with Crippen LogP contribution in [0.5, 0.6) is 0 Å². The van der Waals surface area contributed by atoms with E-state index in [0.717, 1.165) is 11.1 Å². The van der Waals surface area contributed by atoms with Gasteiger partial charge in [0.1, 0.15) is 0 Å². The summed E-state index contributed by atoms with van der Waals surface area (Å²) in [4.78, 5) is 11.0. The molecule has 2 rings (SSSR count). The lowest BCUT2D eigenvalue weighted by Crippen LogP contribution is -2.12. The zero-order valence-corrected chi connectivity index (χ0v) is 9.55. The summed E-state index contributed by atoms with van der Waals surface area (Å²) in [6, 6.07) is 5.06. The third-order valence-corrected chi connectivity index (χ3v) is 2.53. The van der Waals surface area contributed by atoms with Crippen LogP contribution in [0.15, 0.2) is 30.6 Å². The van der Waals surface area contributed by atoms with Crippen LogP contribution < -0.4 is 11.5 Å². The lowest BCUT2D eigenvalue weighted by molar-refractivity contribution is 0.100. The quantitative estimate of drug-likeness (QED) is 0.769. The van der Waals surface area contributed by atoms with Crippen molar-refractivity contribution in [3.8, 4) is 0 Å². The van der Waals surface area contributed by atoms with Gasteiger partial charge in [0.15, 0.2) is 0 Å². The minimum atomic E-state index is -0.474. The molecule has 0 aliphatic rings. The maximum absolute atomic E-state index is 11.0. The summed E-state index contributed by atoms with van der Waals surface area (Å²) in [6.07, 6.45) is 3.72. The highest BCUT2D eigenvalue weighted by atomic mass is 16.1. The summed E-state index contributed by atoms with van der Waals surface area (Å²) in [5.74, 6) is -0.474. The van der Waals surface area contributed by atoms with Crippen LogP contribution in [0.2, 0.25) is 0 Å². The molecule has 0 saturated heterocycles. The van der Waals surface area contributed by atoms with Gasteiger partial charge in [-0.3, -0.25) is 9.48 Å². The van der Waals surface area contributed by atoms with Crippen LogP contribution in [0, 0.1) is 6.92 Å². The Morgan fingerprint density at radius 2 is 2.24 bits per heavy atom. The van der Waals surface area contributed by atoms with Crippen LogP contribution >= 0.6 is 0 Å². The summed E-state index contributed by atoms with van der Waals surface area (Å²) >= 11 is 0. The van der Waals surface area contributed by atoms with Crippen LogP contribution in [0.3, 0.4) is 0 Å². The maximum atomic E-state index is 11.0. The van der Waals surface area contributed by atoms with Crippen LogP contribution in [0.4, 0.5) is 5.69 Å². The lowest BCUT2D eigenvalue weighted by atomic mass is 10.1. The second kappa shape index (κ2) is 4.29. The highest BCUT2D eigenvalue weighted by Gasteiger charge is 2.05. The SMILES string of the molecule is Cc1cnn(Cc2ccc(C(N)=O)cc2N)c1. The van der Waals surface area contributed by atoms with Gasteiger partial charge in [0.25, 0.3) is 0 Å². The fraction of sp³-hybridized carbons (Fsp3) is 0.167. The summed E-state index contributed by atoms with van der Waals surface area (Å²) in [6.45, 7) is 2.56. The molecule has 0 fully saturated rings. The summed E-state index contributed by atoms with van der Waals surface area (Å²) in [5, 5.41) is 4.18. The third kappa shape index (κ3) is 2.44. The Hall–Kier alpha value is -2.30. The number of nitrogens with zero attached hydrogens (tertiary/aromatic N) is 2. The molecule has 0 atom stereocenters. The first-order valence-electron chi connectivity index (χ1n) is 5.23. The molecule has 4 N–H and O–H groups in total. The van der Waals surface area contributed by atoms with Gasteiger partial charge in [0.05, 0.1) is 12.7 Å². The monoisotopic (exact) mass is 230 g/mol. The number of nitrogens with two attached hydrogens (primary N) is 2. The number of hydrogen-bond acceptors (Lipinski definition) is 3. The van der Waals surface area contributed by atoms with Crippen molar-refractivity contribution in [2.24, 2.45) is 5.73 Å². The molecular weight excluding hydrogens is 216 g/mol. The Kier molecular flexibility index (Phi) is 2.82. The Morgan fingerprint density at radius 3 is 2.76 bits per heavy atom. The number of hydrogen-bond donors (Lipinski definition) is 2. The molecule has 0 bridgehead atoms. The Balaban J connectivity index is 2.25. The molecule has 1 heterocycles. The van der Waals surface area contributed by atoms with E-state index < -0.39 is 5.91 Å². The van der Waals surface area contributed by atoms with Gasteiger partial charge in [-0.15, -0.1) is 0 Å². The molecule has 5 heteroatoms. The number of aryl methyl sites for hydroxylation is 1. The second-order valence-corrected chi connectivity index (χ2v) is 3.99. The first-order chi connectivity index (χ1) is 8.06. The molecule has 88 valence electrons. The van der Waals surface area contributed by atoms with Crippen molar-refractivity contribution < 1.29 is 4.79 Å². The standard InChI is InChI=1S/C12H14N4O/c1-8-5-15-16(6-8)7-10-3-2-9(12(14)17)4-11(10)13/h2-6H,7,13H2,1H3,(H2,14,17). The van der Waals surface area contributed by atoms with Gasteiger partial charge in [-0.1, -0.05) is 6.07 Å². The van der Waals surface area contributed by atoms with Crippen LogP contribution in [0.1, 0.15) is 21.5 Å². The number of rotatable bonds is 3. The zero-order chi connectivity index (χ0) is 12.4. The molecule has 1 amide bonds. The molecule has 1 aromatic carbocycles. The number of benzene rings is 1. The lowest BCUT2D eigenvalue weighted by Gasteiger charge is -2.07. The molecule has 0 unspecified atom stereocenters. The minimum Gasteiger partial charge on any atom is -0.398 e. The second-order valence-electron chi connectivity index (χ2n) is 3.99. The largest absolute Gasteiger partial charge is 0.398 e. The van der Waals surface area contributed by atoms with Crippen molar-refractivity contribution in [2.75, 3.05) is 5.73 Å². The van der Waals surface area contributed by atoms with Crippen molar-refractivity contribution in [3.63, 3.8) is 0 Å². The predicted octanol–water partition coefficient (Wildman–Crippen LogP) is 0.921. The molecule has 0 aliphatic heterocycles. The van der Waals surface area contributed by atoms with Crippen molar-refractivity contribution in [1.29, 1.82) is 0 Å². The summed E-state index contributed by atoms with van der Waals surface area (Å²) in [5.41, 5.74) is 14.0. The van der Waals surface area contributed by atoms with Crippen molar-refractivity contribution in [2.45, 2.75) is 13.5 Å². The van der Waals surface area contributed by atoms with Gasteiger partial charge in [0, 0.05) is 17.4 Å². The van der Waals surface area contributed by atoms with Gasteiger partial charge in [0.2, 0.25) is 5.91 Å². The summed E-state index contributed by atoms with van der Waals surface area (Å²) in [7, 11) is 0. The Bertz CT molecular complexity index is 559. The molecule has 0 radical (unpaired) electrons. The van der Waals surface area contributed by atoms with Crippen LogP contribution in [0.25, 0.3) is 0 Å². The van der Waals surface area contributed by atoms with Gasteiger partial charge in [-0.05, 0) is 30.2 Å². The highest BCUT2D eigenvalue weighted by molar-refractivity contribution is 5.93. The van der Waals surface area contributed by atoms with E-state index in [4.69, 9.17) is 11.5 Å². The minimum absolute atomic E-state index is 0.419. The van der Waals surface area contributed by atoms with Crippen molar-refractivity contribution in [1.82, 2.24) is 9.78 Å². The van der Waals surface area contributed by atoms with Gasteiger partial charge in [-0.25, -0.2) is 0 Å². The number of amides is 1. The normalized spacial score (nSPS) is 10.4. The van der Waals surface area contributed by atoms with Gasteiger partial charge >= 0.3 is 0 Å². The number of anilines is 1. The first-order valence-corrected chi connectivity index (χ1v) is 5.23.